The molecule has 26 heavy (non-hydrogen) atoms. The van der Waals surface area contributed by atoms with Crippen molar-refractivity contribution in [1.82, 2.24) is 9.97 Å². The molecule has 0 aliphatic rings. The smallest absolute Gasteiger partial charge is 0.339 e. The van der Waals surface area contributed by atoms with Gasteiger partial charge in [0, 0.05) is 26.4 Å². The number of nitrogens with zero attached hydrogens (tertiary/aromatic N) is 1. The molecule has 2 N–H and O–H groups in total. The van der Waals surface area contributed by atoms with Crippen LogP contribution in [-0.4, -0.2) is 29.0 Å². The van der Waals surface area contributed by atoms with Gasteiger partial charge in [0.15, 0.2) is 5.13 Å². The first-order valence-electron chi connectivity index (χ1n) is 7.93. The average Bonchev–Trinajstić information content (AvgIpc) is 3.25. The Kier molecular flexibility index (Phi) is 4.97. The molecular formula is C18H19N3O3S2. The van der Waals surface area contributed by atoms with Gasteiger partial charge in [0.1, 0.15) is 5.69 Å². The monoisotopic (exact) mass is 389 g/mol. The molecule has 0 bridgehead atoms. The highest BCUT2D eigenvalue weighted by atomic mass is 32.1. The molecule has 8 heteroatoms. The third-order valence-corrected chi connectivity index (χ3v) is 5.82. The Morgan fingerprint density at radius 2 is 1.96 bits per heavy atom. The van der Waals surface area contributed by atoms with E-state index >= 15 is 0 Å². The van der Waals surface area contributed by atoms with Gasteiger partial charge in [0.25, 0.3) is 5.91 Å². The number of aryl methyl sites for hydroxylation is 3. The predicted molar refractivity (Wildman–Crippen MR) is 104 cm³/mol. The molecule has 0 atom stereocenters. The molecule has 1 amide bonds. The molecule has 0 saturated heterocycles. The Balaban J connectivity index is 1.83. The van der Waals surface area contributed by atoms with E-state index in [0.29, 0.717) is 27.6 Å². The zero-order valence-corrected chi connectivity index (χ0v) is 16.8. The van der Waals surface area contributed by atoms with E-state index in [1.807, 2.05) is 5.38 Å². The summed E-state index contributed by atoms with van der Waals surface area (Å²) >= 11 is 3.09. The lowest BCUT2D eigenvalue weighted by Gasteiger charge is -2.02. The molecule has 3 aromatic heterocycles. The van der Waals surface area contributed by atoms with Crippen molar-refractivity contribution in [2.45, 2.75) is 27.7 Å². The SMILES string of the molecule is COC(=O)c1c(C)[nH]c(C(=O)Nc2nc(-c3cc(C)sc3C)cs2)c1C. The number of esters is 1. The number of rotatable bonds is 4. The van der Waals surface area contributed by atoms with Crippen molar-refractivity contribution in [1.29, 1.82) is 0 Å². The fraction of sp³-hybridized carbons (Fsp3) is 0.278. The molecule has 0 aliphatic heterocycles. The van der Waals surface area contributed by atoms with Crippen LogP contribution >= 0.6 is 22.7 Å². The van der Waals surface area contributed by atoms with Gasteiger partial charge in [-0.15, -0.1) is 22.7 Å². The Morgan fingerprint density at radius 1 is 1.23 bits per heavy atom. The van der Waals surface area contributed by atoms with Crippen LogP contribution in [0.1, 0.15) is 41.9 Å². The third kappa shape index (κ3) is 3.30. The summed E-state index contributed by atoms with van der Waals surface area (Å²) in [6.45, 7) is 7.57. The molecule has 0 aliphatic carbocycles. The Morgan fingerprint density at radius 3 is 2.58 bits per heavy atom. The predicted octanol–water partition coefficient (Wildman–Crippen LogP) is 4.47. The van der Waals surface area contributed by atoms with E-state index in [-0.39, 0.29) is 5.91 Å². The first-order valence-corrected chi connectivity index (χ1v) is 9.63. The van der Waals surface area contributed by atoms with Crippen LogP contribution in [0.25, 0.3) is 11.3 Å². The first kappa shape index (κ1) is 18.3. The molecule has 0 fully saturated rings. The topological polar surface area (TPSA) is 84.1 Å². The molecular weight excluding hydrogens is 370 g/mol. The number of hydrogen-bond acceptors (Lipinski definition) is 6. The van der Waals surface area contributed by atoms with Crippen LogP contribution in [0.15, 0.2) is 11.4 Å². The summed E-state index contributed by atoms with van der Waals surface area (Å²) < 4.78 is 4.77. The van der Waals surface area contributed by atoms with E-state index in [2.05, 4.69) is 35.2 Å². The quantitative estimate of drug-likeness (QED) is 0.645. The van der Waals surface area contributed by atoms with E-state index in [1.165, 1.54) is 28.2 Å². The highest BCUT2D eigenvalue weighted by Gasteiger charge is 2.23. The number of anilines is 1. The largest absolute Gasteiger partial charge is 0.465 e. The van der Waals surface area contributed by atoms with Crippen LogP contribution in [0.4, 0.5) is 5.13 Å². The van der Waals surface area contributed by atoms with Gasteiger partial charge in [-0.25, -0.2) is 9.78 Å². The van der Waals surface area contributed by atoms with Crippen LogP contribution in [0.3, 0.4) is 0 Å². The van der Waals surface area contributed by atoms with E-state index < -0.39 is 5.97 Å². The maximum absolute atomic E-state index is 12.6. The van der Waals surface area contributed by atoms with Crippen molar-refractivity contribution in [3.05, 3.63) is 43.7 Å². The van der Waals surface area contributed by atoms with Gasteiger partial charge < -0.3 is 9.72 Å². The fourth-order valence-corrected chi connectivity index (χ4v) is 4.52. The lowest BCUT2D eigenvalue weighted by Crippen LogP contribution is -2.14. The normalized spacial score (nSPS) is 10.8. The molecule has 136 valence electrons. The summed E-state index contributed by atoms with van der Waals surface area (Å²) in [5.41, 5.74) is 3.83. The summed E-state index contributed by atoms with van der Waals surface area (Å²) in [6, 6.07) is 2.10. The lowest BCUT2D eigenvalue weighted by atomic mass is 10.1. The van der Waals surface area contributed by atoms with Crippen molar-refractivity contribution in [3.8, 4) is 11.3 Å². The fourth-order valence-electron chi connectivity index (χ4n) is 2.88. The van der Waals surface area contributed by atoms with Gasteiger partial charge in [-0.3, -0.25) is 10.1 Å². The van der Waals surface area contributed by atoms with Crippen molar-refractivity contribution in [2.75, 3.05) is 12.4 Å². The minimum absolute atomic E-state index is 0.333. The molecule has 3 heterocycles. The van der Waals surface area contributed by atoms with Crippen molar-refractivity contribution < 1.29 is 14.3 Å². The van der Waals surface area contributed by atoms with Crippen molar-refractivity contribution in [2.24, 2.45) is 0 Å². The number of hydrogen-bond donors (Lipinski definition) is 2. The summed E-state index contributed by atoms with van der Waals surface area (Å²) in [5, 5.41) is 5.24. The van der Waals surface area contributed by atoms with Gasteiger partial charge in [-0.1, -0.05) is 0 Å². The number of carbonyl (C=O) groups is 2. The zero-order chi connectivity index (χ0) is 19.0. The first-order chi connectivity index (χ1) is 12.3. The summed E-state index contributed by atoms with van der Waals surface area (Å²) in [6.07, 6.45) is 0. The minimum Gasteiger partial charge on any atom is -0.465 e. The van der Waals surface area contributed by atoms with Gasteiger partial charge >= 0.3 is 5.97 Å². The number of aromatic nitrogens is 2. The van der Waals surface area contributed by atoms with Crippen LogP contribution in [0.2, 0.25) is 0 Å². The summed E-state index contributed by atoms with van der Waals surface area (Å²) in [7, 11) is 1.32. The van der Waals surface area contributed by atoms with E-state index in [1.54, 1.807) is 25.2 Å². The number of H-pyrrole nitrogens is 1. The second kappa shape index (κ2) is 7.05. The molecule has 3 aromatic rings. The van der Waals surface area contributed by atoms with Crippen molar-refractivity contribution in [3.63, 3.8) is 0 Å². The van der Waals surface area contributed by atoms with Crippen molar-refractivity contribution >= 4 is 39.7 Å². The maximum Gasteiger partial charge on any atom is 0.339 e. The van der Waals surface area contributed by atoms with Gasteiger partial charge in [-0.05, 0) is 39.3 Å². The Hall–Kier alpha value is -2.45. The molecule has 0 aromatic carbocycles. The zero-order valence-electron chi connectivity index (χ0n) is 15.1. The Labute approximate surface area is 159 Å². The highest BCUT2D eigenvalue weighted by Crippen LogP contribution is 2.32. The van der Waals surface area contributed by atoms with E-state index in [4.69, 9.17) is 4.74 Å². The Bertz CT molecular complexity index is 998. The van der Waals surface area contributed by atoms with Gasteiger partial charge in [0.05, 0.1) is 18.4 Å². The lowest BCUT2D eigenvalue weighted by molar-refractivity contribution is 0.0599. The summed E-state index contributed by atoms with van der Waals surface area (Å²) in [4.78, 5) is 34.4. The van der Waals surface area contributed by atoms with E-state index in [9.17, 15) is 9.59 Å². The molecule has 0 unspecified atom stereocenters. The molecule has 0 spiro atoms. The van der Waals surface area contributed by atoms with Crippen LogP contribution < -0.4 is 5.32 Å². The molecule has 0 radical (unpaired) electrons. The highest BCUT2D eigenvalue weighted by molar-refractivity contribution is 7.14. The number of aromatic amines is 1. The molecule has 0 saturated carbocycles. The maximum atomic E-state index is 12.6. The minimum atomic E-state index is -0.463. The standard InChI is InChI=1S/C18H19N3O3S2/c1-8-6-12(11(4)26-8)13-7-25-18(20-13)21-16(22)15-9(2)14(10(3)19-15)17(23)24-5/h6-7,19H,1-5H3,(H,20,21,22). The van der Waals surface area contributed by atoms with Crippen LogP contribution in [0, 0.1) is 27.7 Å². The second-order valence-corrected chi connectivity index (χ2v) is 8.25. The number of thiophene rings is 1. The molecule has 6 nitrogen and oxygen atoms in total. The van der Waals surface area contributed by atoms with E-state index in [0.717, 1.165) is 11.3 Å². The third-order valence-electron chi connectivity index (χ3n) is 4.10. The number of nitrogens with one attached hydrogen (secondary N) is 2. The summed E-state index contributed by atoms with van der Waals surface area (Å²) in [5.74, 6) is -0.796. The molecule has 3 rings (SSSR count). The number of amides is 1. The number of methoxy groups -OCH3 is 1. The second-order valence-electron chi connectivity index (χ2n) is 5.94. The number of ether oxygens (including phenoxy) is 1. The van der Waals surface area contributed by atoms with Gasteiger partial charge in [0.2, 0.25) is 0 Å². The van der Waals surface area contributed by atoms with Gasteiger partial charge in [-0.2, -0.15) is 0 Å². The number of thiazole rings is 1. The average molecular weight is 390 g/mol. The van der Waals surface area contributed by atoms with Crippen LogP contribution in [-0.2, 0) is 4.74 Å². The number of carbonyl (C=O) groups excluding carboxylic acids is 2. The van der Waals surface area contributed by atoms with Crippen LogP contribution in [0.5, 0.6) is 0 Å².